The van der Waals surface area contributed by atoms with Gasteiger partial charge in [-0.25, -0.2) is 4.98 Å². The SMILES string of the molecule is COc1ccccc1CC(=O)NCc1csc(C)n1. The number of hydrogen-bond donors (Lipinski definition) is 1. The molecular weight excluding hydrogens is 260 g/mol. The van der Waals surface area contributed by atoms with Gasteiger partial charge in [-0.2, -0.15) is 0 Å². The van der Waals surface area contributed by atoms with Gasteiger partial charge in [0.2, 0.25) is 5.91 Å². The molecule has 4 nitrogen and oxygen atoms in total. The van der Waals surface area contributed by atoms with Gasteiger partial charge in [-0.3, -0.25) is 4.79 Å². The summed E-state index contributed by atoms with van der Waals surface area (Å²) in [6.45, 7) is 2.42. The third kappa shape index (κ3) is 3.79. The van der Waals surface area contributed by atoms with Crippen LogP contribution in [0.5, 0.6) is 5.75 Å². The summed E-state index contributed by atoms with van der Waals surface area (Å²) in [5.41, 5.74) is 1.79. The molecule has 1 aromatic carbocycles. The quantitative estimate of drug-likeness (QED) is 0.911. The lowest BCUT2D eigenvalue weighted by atomic mass is 10.1. The van der Waals surface area contributed by atoms with Crippen molar-refractivity contribution in [2.45, 2.75) is 19.9 Å². The molecule has 2 rings (SSSR count). The molecule has 0 radical (unpaired) electrons. The first kappa shape index (κ1) is 13.5. The van der Waals surface area contributed by atoms with E-state index in [4.69, 9.17) is 4.74 Å². The number of carbonyl (C=O) groups is 1. The van der Waals surface area contributed by atoms with Crippen LogP contribution in [0.2, 0.25) is 0 Å². The smallest absolute Gasteiger partial charge is 0.224 e. The van der Waals surface area contributed by atoms with Crippen molar-refractivity contribution in [1.29, 1.82) is 0 Å². The highest BCUT2D eigenvalue weighted by atomic mass is 32.1. The lowest BCUT2D eigenvalue weighted by molar-refractivity contribution is -0.120. The van der Waals surface area contributed by atoms with Crippen LogP contribution in [-0.4, -0.2) is 18.0 Å². The maximum absolute atomic E-state index is 11.9. The molecule has 0 aliphatic carbocycles. The molecule has 0 aliphatic heterocycles. The van der Waals surface area contributed by atoms with Gasteiger partial charge < -0.3 is 10.1 Å². The Balaban J connectivity index is 1.90. The molecular formula is C14H16N2O2S. The largest absolute Gasteiger partial charge is 0.496 e. The second kappa shape index (κ2) is 6.33. The Morgan fingerprint density at radius 2 is 2.21 bits per heavy atom. The van der Waals surface area contributed by atoms with Crippen molar-refractivity contribution < 1.29 is 9.53 Å². The van der Waals surface area contributed by atoms with Crippen molar-refractivity contribution in [3.63, 3.8) is 0 Å². The summed E-state index contributed by atoms with van der Waals surface area (Å²) in [5.74, 6) is 0.706. The van der Waals surface area contributed by atoms with Crippen LogP contribution < -0.4 is 10.1 Å². The van der Waals surface area contributed by atoms with E-state index in [-0.39, 0.29) is 5.91 Å². The molecule has 0 atom stereocenters. The lowest BCUT2D eigenvalue weighted by Gasteiger charge is -2.08. The van der Waals surface area contributed by atoms with Gasteiger partial charge in [0.25, 0.3) is 0 Å². The summed E-state index contributed by atoms with van der Waals surface area (Å²) in [6.07, 6.45) is 0.313. The minimum atomic E-state index is -0.0323. The van der Waals surface area contributed by atoms with Gasteiger partial charge in [-0.05, 0) is 13.0 Å². The fourth-order valence-corrected chi connectivity index (χ4v) is 2.38. The van der Waals surface area contributed by atoms with Gasteiger partial charge in [0.15, 0.2) is 0 Å². The lowest BCUT2D eigenvalue weighted by Crippen LogP contribution is -2.24. The summed E-state index contributed by atoms with van der Waals surface area (Å²) in [5, 5.41) is 5.83. The van der Waals surface area contributed by atoms with E-state index < -0.39 is 0 Å². The zero-order valence-electron chi connectivity index (χ0n) is 11.0. The normalized spacial score (nSPS) is 10.2. The first-order valence-electron chi connectivity index (χ1n) is 5.98. The van der Waals surface area contributed by atoms with E-state index in [1.54, 1.807) is 18.4 Å². The third-order valence-corrected chi connectivity index (χ3v) is 3.50. The Morgan fingerprint density at radius 3 is 2.89 bits per heavy atom. The average molecular weight is 276 g/mol. The van der Waals surface area contributed by atoms with Crippen LogP contribution in [0.4, 0.5) is 0 Å². The van der Waals surface area contributed by atoms with E-state index in [1.165, 1.54) is 0 Å². The highest BCUT2D eigenvalue weighted by molar-refractivity contribution is 7.09. The van der Waals surface area contributed by atoms with Crippen LogP contribution in [-0.2, 0) is 17.8 Å². The minimum Gasteiger partial charge on any atom is -0.496 e. The van der Waals surface area contributed by atoms with Crippen LogP contribution in [0.15, 0.2) is 29.6 Å². The maximum Gasteiger partial charge on any atom is 0.224 e. The van der Waals surface area contributed by atoms with Gasteiger partial charge in [0.05, 0.1) is 30.8 Å². The van der Waals surface area contributed by atoms with Gasteiger partial charge in [-0.1, -0.05) is 18.2 Å². The predicted octanol–water partition coefficient (Wildman–Crippen LogP) is 2.32. The number of amides is 1. The van der Waals surface area contributed by atoms with Crippen LogP contribution in [0, 0.1) is 6.92 Å². The number of ether oxygens (including phenoxy) is 1. The van der Waals surface area contributed by atoms with E-state index in [0.29, 0.717) is 13.0 Å². The number of benzene rings is 1. The number of hydrogen-bond acceptors (Lipinski definition) is 4. The Hall–Kier alpha value is -1.88. The van der Waals surface area contributed by atoms with Crippen molar-refractivity contribution in [1.82, 2.24) is 10.3 Å². The Labute approximate surface area is 116 Å². The molecule has 1 N–H and O–H groups in total. The fourth-order valence-electron chi connectivity index (χ4n) is 1.76. The number of nitrogens with one attached hydrogen (secondary N) is 1. The molecule has 5 heteroatoms. The van der Waals surface area contributed by atoms with Crippen molar-refractivity contribution in [2.75, 3.05) is 7.11 Å². The van der Waals surface area contributed by atoms with E-state index >= 15 is 0 Å². The molecule has 1 heterocycles. The first-order chi connectivity index (χ1) is 9.19. The Kier molecular flexibility index (Phi) is 4.52. The molecule has 1 amide bonds. The molecule has 0 aliphatic rings. The number of rotatable bonds is 5. The van der Waals surface area contributed by atoms with Gasteiger partial charge >= 0.3 is 0 Å². The number of aryl methyl sites for hydroxylation is 1. The summed E-state index contributed by atoms with van der Waals surface area (Å²) in [6, 6.07) is 7.53. The highest BCUT2D eigenvalue weighted by Crippen LogP contribution is 2.17. The molecule has 0 saturated heterocycles. The van der Waals surface area contributed by atoms with Gasteiger partial charge in [0.1, 0.15) is 5.75 Å². The molecule has 19 heavy (non-hydrogen) atoms. The number of aromatic nitrogens is 1. The number of para-hydroxylation sites is 1. The number of thiazole rings is 1. The van der Waals surface area contributed by atoms with Gasteiger partial charge in [-0.15, -0.1) is 11.3 Å². The van der Waals surface area contributed by atoms with Crippen LogP contribution >= 0.6 is 11.3 Å². The first-order valence-corrected chi connectivity index (χ1v) is 6.86. The highest BCUT2D eigenvalue weighted by Gasteiger charge is 2.08. The molecule has 0 spiro atoms. The second-order valence-corrected chi connectivity index (χ2v) is 5.19. The van der Waals surface area contributed by atoms with Crippen molar-refractivity contribution >= 4 is 17.2 Å². The maximum atomic E-state index is 11.9. The fraction of sp³-hybridized carbons (Fsp3) is 0.286. The van der Waals surface area contributed by atoms with Crippen LogP contribution in [0.25, 0.3) is 0 Å². The van der Waals surface area contributed by atoms with E-state index in [1.807, 2.05) is 36.6 Å². The Morgan fingerprint density at radius 1 is 1.42 bits per heavy atom. The monoisotopic (exact) mass is 276 g/mol. The number of nitrogens with zero attached hydrogens (tertiary/aromatic N) is 1. The summed E-state index contributed by atoms with van der Waals surface area (Å²) < 4.78 is 5.22. The number of carbonyl (C=O) groups excluding carboxylic acids is 1. The van der Waals surface area contributed by atoms with Crippen LogP contribution in [0.3, 0.4) is 0 Å². The van der Waals surface area contributed by atoms with E-state index in [2.05, 4.69) is 10.3 Å². The van der Waals surface area contributed by atoms with Crippen molar-refractivity contribution in [3.8, 4) is 5.75 Å². The zero-order chi connectivity index (χ0) is 13.7. The molecule has 100 valence electrons. The molecule has 0 bridgehead atoms. The van der Waals surface area contributed by atoms with Crippen molar-refractivity contribution in [3.05, 3.63) is 45.9 Å². The summed E-state index contributed by atoms with van der Waals surface area (Å²) in [7, 11) is 1.61. The van der Waals surface area contributed by atoms with E-state index in [0.717, 1.165) is 22.0 Å². The zero-order valence-corrected chi connectivity index (χ0v) is 11.8. The minimum absolute atomic E-state index is 0.0323. The molecule has 0 unspecified atom stereocenters. The summed E-state index contributed by atoms with van der Waals surface area (Å²) in [4.78, 5) is 16.2. The van der Waals surface area contributed by atoms with Crippen molar-refractivity contribution in [2.24, 2.45) is 0 Å². The predicted molar refractivity (Wildman–Crippen MR) is 75.4 cm³/mol. The number of methoxy groups -OCH3 is 1. The van der Waals surface area contributed by atoms with Crippen LogP contribution in [0.1, 0.15) is 16.3 Å². The summed E-state index contributed by atoms with van der Waals surface area (Å²) >= 11 is 1.58. The molecule has 0 saturated carbocycles. The topological polar surface area (TPSA) is 51.2 Å². The Bertz CT molecular complexity index is 566. The third-order valence-electron chi connectivity index (χ3n) is 2.68. The second-order valence-electron chi connectivity index (χ2n) is 4.12. The molecule has 1 aromatic heterocycles. The average Bonchev–Trinajstić information content (AvgIpc) is 2.83. The molecule has 2 aromatic rings. The molecule has 0 fully saturated rings. The van der Waals surface area contributed by atoms with Gasteiger partial charge in [0, 0.05) is 10.9 Å². The van der Waals surface area contributed by atoms with E-state index in [9.17, 15) is 4.79 Å². The standard InChI is InChI=1S/C14H16N2O2S/c1-10-16-12(9-19-10)8-15-14(17)7-11-5-3-4-6-13(11)18-2/h3-6,9H,7-8H2,1-2H3,(H,15,17).